The minimum atomic E-state index is -0.751. The van der Waals surface area contributed by atoms with Gasteiger partial charge in [0.25, 0.3) is 0 Å². The largest absolute Gasteiger partial charge is 0.463 e. The van der Waals surface area contributed by atoms with Crippen LogP contribution in [0, 0.1) is 5.82 Å². The molecule has 7 nitrogen and oxygen atoms in total. The number of fused-ring (bicyclic) bond motifs is 1. The third-order valence-corrected chi connectivity index (χ3v) is 5.06. The van der Waals surface area contributed by atoms with Gasteiger partial charge in [0, 0.05) is 18.1 Å². The SMILES string of the molecule is CCOC(=O)C1=CN(c2ccc(F)cc2)C=C(C(=O)OCC)C1c1ccc2c(c1)OCO2. The Bertz CT molecular complexity index is 1060. The van der Waals surface area contributed by atoms with Crippen molar-refractivity contribution >= 4 is 17.6 Å². The fourth-order valence-corrected chi connectivity index (χ4v) is 3.64. The van der Waals surface area contributed by atoms with Crippen LogP contribution < -0.4 is 14.4 Å². The Hall–Kier alpha value is -3.81. The van der Waals surface area contributed by atoms with Crippen molar-refractivity contribution in [3.05, 3.63) is 77.4 Å². The van der Waals surface area contributed by atoms with Gasteiger partial charge in [-0.1, -0.05) is 6.07 Å². The third-order valence-electron chi connectivity index (χ3n) is 5.06. The van der Waals surface area contributed by atoms with Gasteiger partial charge in [-0.25, -0.2) is 14.0 Å². The van der Waals surface area contributed by atoms with E-state index >= 15 is 0 Å². The Morgan fingerprint density at radius 3 is 2.12 bits per heavy atom. The summed E-state index contributed by atoms with van der Waals surface area (Å²) >= 11 is 0. The second kappa shape index (κ2) is 9.13. The van der Waals surface area contributed by atoms with Crippen LogP contribution in [0.5, 0.6) is 11.5 Å². The van der Waals surface area contributed by atoms with Crippen molar-refractivity contribution in [2.24, 2.45) is 0 Å². The Balaban J connectivity index is 1.84. The molecular weight excluding hydrogens is 417 g/mol. The van der Waals surface area contributed by atoms with Crippen molar-refractivity contribution in [1.29, 1.82) is 0 Å². The predicted molar refractivity (Wildman–Crippen MR) is 114 cm³/mol. The van der Waals surface area contributed by atoms with Crippen LogP contribution in [-0.2, 0) is 19.1 Å². The Morgan fingerprint density at radius 1 is 0.938 bits per heavy atom. The smallest absolute Gasteiger partial charge is 0.336 e. The van der Waals surface area contributed by atoms with Crippen LogP contribution in [0.4, 0.5) is 10.1 Å². The van der Waals surface area contributed by atoms with Crippen molar-refractivity contribution in [3.8, 4) is 11.5 Å². The minimum Gasteiger partial charge on any atom is -0.463 e. The molecule has 0 aromatic heterocycles. The number of carbonyl (C=O) groups excluding carboxylic acids is 2. The highest BCUT2D eigenvalue weighted by Crippen LogP contribution is 2.42. The summed E-state index contributed by atoms with van der Waals surface area (Å²) in [6.45, 7) is 3.84. The van der Waals surface area contributed by atoms with E-state index in [1.807, 2.05) is 0 Å². The lowest BCUT2D eigenvalue weighted by Crippen LogP contribution is -2.29. The number of nitrogens with zero attached hydrogens (tertiary/aromatic N) is 1. The van der Waals surface area contributed by atoms with Gasteiger partial charge in [0.05, 0.1) is 30.3 Å². The van der Waals surface area contributed by atoms with E-state index in [9.17, 15) is 14.0 Å². The van der Waals surface area contributed by atoms with Crippen molar-refractivity contribution in [3.63, 3.8) is 0 Å². The number of halogens is 1. The first-order valence-electron chi connectivity index (χ1n) is 10.2. The lowest BCUT2D eigenvalue weighted by atomic mass is 9.83. The third kappa shape index (κ3) is 4.16. The van der Waals surface area contributed by atoms with Gasteiger partial charge in [0.15, 0.2) is 11.5 Å². The number of carbonyl (C=O) groups is 2. The number of anilines is 1. The molecule has 0 radical (unpaired) electrons. The van der Waals surface area contributed by atoms with Gasteiger partial charge in [0.1, 0.15) is 5.82 Å². The molecule has 8 heteroatoms. The Kier molecular flexibility index (Phi) is 6.11. The predicted octanol–water partition coefficient (Wildman–Crippen LogP) is 4.05. The molecule has 0 bridgehead atoms. The normalized spacial score (nSPS) is 15.2. The van der Waals surface area contributed by atoms with E-state index in [1.165, 1.54) is 12.1 Å². The zero-order chi connectivity index (χ0) is 22.7. The minimum absolute atomic E-state index is 0.100. The number of rotatable bonds is 6. The first-order chi connectivity index (χ1) is 15.5. The monoisotopic (exact) mass is 439 g/mol. The van der Waals surface area contributed by atoms with Crippen LogP contribution in [-0.4, -0.2) is 31.9 Å². The number of ether oxygens (including phenoxy) is 4. The van der Waals surface area contributed by atoms with E-state index in [2.05, 4.69) is 0 Å². The van der Waals surface area contributed by atoms with Crippen LogP contribution >= 0.6 is 0 Å². The number of benzene rings is 2. The van der Waals surface area contributed by atoms with Crippen LogP contribution in [0.3, 0.4) is 0 Å². The van der Waals surface area contributed by atoms with Gasteiger partial charge >= 0.3 is 11.9 Å². The molecule has 0 atom stereocenters. The quantitative estimate of drug-likeness (QED) is 0.629. The van der Waals surface area contributed by atoms with Crippen LogP contribution in [0.25, 0.3) is 0 Å². The second-order valence-electron chi connectivity index (χ2n) is 7.04. The molecule has 0 fully saturated rings. The van der Waals surface area contributed by atoms with E-state index in [1.54, 1.807) is 61.5 Å². The molecule has 166 valence electrons. The molecule has 2 aliphatic rings. The molecule has 2 aromatic carbocycles. The average molecular weight is 439 g/mol. The number of hydrogen-bond acceptors (Lipinski definition) is 7. The van der Waals surface area contributed by atoms with E-state index in [0.29, 0.717) is 22.7 Å². The average Bonchev–Trinajstić information content (AvgIpc) is 3.27. The van der Waals surface area contributed by atoms with Gasteiger partial charge in [-0.15, -0.1) is 0 Å². The summed E-state index contributed by atoms with van der Waals surface area (Å²) in [5, 5.41) is 0. The highest BCUT2D eigenvalue weighted by atomic mass is 19.1. The summed E-state index contributed by atoms with van der Waals surface area (Å²) in [5.41, 5.74) is 1.69. The van der Waals surface area contributed by atoms with Crippen molar-refractivity contribution in [2.75, 3.05) is 24.9 Å². The molecular formula is C24H22FNO6. The first kappa shape index (κ1) is 21.4. The highest BCUT2D eigenvalue weighted by molar-refractivity contribution is 6.00. The first-order valence-corrected chi connectivity index (χ1v) is 10.2. The molecule has 0 N–H and O–H groups in total. The maximum atomic E-state index is 13.4. The summed E-state index contributed by atoms with van der Waals surface area (Å²) < 4.78 is 34.9. The zero-order valence-electron chi connectivity index (χ0n) is 17.7. The molecule has 4 rings (SSSR count). The van der Waals surface area contributed by atoms with Gasteiger partial charge in [-0.3, -0.25) is 0 Å². The van der Waals surface area contributed by atoms with Gasteiger partial charge in [-0.05, 0) is 55.8 Å². The molecule has 0 spiro atoms. The molecule has 2 heterocycles. The lowest BCUT2D eigenvalue weighted by Gasteiger charge is -2.30. The summed E-state index contributed by atoms with van der Waals surface area (Å²) in [4.78, 5) is 27.5. The van der Waals surface area contributed by atoms with Crippen LogP contribution in [0.2, 0.25) is 0 Å². The summed E-state index contributed by atoms with van der Waals surface area (Å²) in [7, 11) is 0. The van der Waals surface area contributed by atoms with Crippen LogP contribution in [0.1, 0.15) is 25.3 Å². The molecule has 2 aliphatic heterocycles. The number of esters is 2. The zero-order valence-corrected chi connectivity index (χ0v) is 17.7. The van der Waals surface area contributed by atoms with E-state index in [0.717, 1.165) is 0 Å². The second-order valence-corrected chi connectivity index (χ2v) is 7.04. The maximum absolute atomic E-state index is 13.4. The van der Waals surface area contributed by atoms with Gasteiger partial charge in [0.2, 0.25) is 6.79 Å². The molecule has 0 amide bonds. The van der Waals surface area contributed by atoms with E-state index in [-0.39, 0.29) is 31.2 Å². The van der Waals surface area contributed by atoms with E-state index in [4.69, 9.17) is 18.9 Å². The Labute approximate surface area is 184 Å². The Morgan fingerprint density at radius 2 is 1.53 bits per heavy atom. The van der Waals surface area contributed by atoms with Crippen molar-refractivity contribution in [2.45, 2.75) is 19.8 Å². The summed E-state index contributed by atoms with van der Waals surface area (Å²) in [6.07, 6.45) is 3.17. The summed E-state index contributed by atoms with van der Waals surface area (Å²) in [5.74, 6) is -1.18. The number of hydrogen-bond donors (Lipinski definition) is 0. The van der Waals surface area contributed by atoms with Crippen molar-refractivity contribution in [1.82, 2.24) is 0 Å². The molecule has 32 heavy (non-hydrogen) atoms. The van der Waals surface area contributed by atoms with Crippen molar-refractivity contribution < 1.29 is 32.9 Å². The molecule has 0 saturated heterocycles. The van der Waals surface area contributed by atoms with Gasteiger partial charge < -0.3 is 23.8 Å². The van der Waals surface area contributed by atoms with E-state index < -0.39 is 23.7 Å². The molecule has 0 saturated carbocycles. The molecule has 0 unspecified atom stereocenters. The fraction of sp³-hybridized carbons (Fsp3) is 0.250. The molecule has 2 aromatic rings. The lowest BCUT2D eigenvalue weighted by molar-refractivity contribution is -0.139. The summed E-state index contributed by atoms with van der Waals surface area (Å²) in [6, 6.07) is 10.9. The van der Waals surface area contributed by atoms with Crippen LogP contribution in [0.15, 0.2) is 66.0 Å². The molecule has 0 aliphatic carbocycles. The standard InChI is InChI=1S/C24H22FNO6/c1-3-29-23(27)18-12-26(17-8-6-16(25)7-9-17)13-19(24(28)30-4-2)22(18)15-5-10-20-21(11-15)32-14-31-20/h5-13,22H,3-4,14H2,1-2H3. The topological polar surface area (TPSA) is 74.3 Å². The highest BCUT2D eigenvalue weighted by Gasteiger charge is 2.36. The van der Waals surface area contributed by atoms with Gasteiger partial charge in [-0.2, -0.15) is 0 Å². The maximum Gasteiger partial charge on any atom is 0.336 e. The fourth-order valence-electron chi connectivity index (χ4n) is 3.64.